The molecule has 0 aliphatic rings. The van der Waals surface area contributed by atoms with Gasteiger partial charge in [-0.3, -0.25) is 19.6 Å². The Morgan fingerprint density at radius 1 is 0.929 bits per heavy atom. The van der Waals surface area contributed by atoms with E-state index in [4.69, 9.17) is 9.47 Å². The molecule has 0 aliphatic heterocycles. The van der Waals surface area contributed by atoms with Gasteiger partial charge in [0.25, 0.3) is 0 Å². The topological polar surface area (TPSA) is 78.4 Å². The smallest absolute Gasteiger partial charge is 0.310 e. The maximum Gasteiger partial charge on any atom is 0.310 e. The van der Waals surface area contributed by atoms with E-state index in [1.807, 2.05) is 55.8 Å². The lowest BCUT2D eigenvalue weighted by Gasteiger charge is -2.28. The van der Waals surface area contributed by atoms with Crippen LogP contribution >= 0.6 is 0 Å². The zero-order valence-corrected chi connectivity index (χ0v) is 19.1. The highest BCUT2D eigenvalue weighted by molar-refractivity contribution is 5.72. The van der Waals surface area contributed by atoms with Crippen LogP contribution in [-0.2, 0) is 25.7 Å². The van der Waals surface area contributed by atoms with Gasteiger partial charge in [0.05, 0.1) is 50.3 Å². The standard InChI is InChI=1S/C20H34N3O4.ClH/c1-13(2)9-20(25)27-17(11-23(6,7)8)10-19(24)26-12-18-16(5)21-14(3)15(4)22-18;/h13,17H,9-12H2,1-8H3;1H/q+1;/p-1. The summed E-state index contributed by atoms with van der Waals surface area (Å²) in [5, 5.41) is 0. The van der Waals surface area contributed by atoms with Crippen molar-refractivity contribution in [2.24, 2.45) is 5.92 Å². The molecule has 0 aliphatic carbocycles. The maximum absolute atomic E-state index is 12.3. The van der Waals surface area contributed by atoms with Crippen LogP contribution in [0.1, 0.15) is 49.5 Å². The summed E-state index contributed by atoms with van der Waals surface area (Å²) < 4.78 is 11.5. The molecule has 8 heteroatoms. The number of hydrogen-bond acceptors (Lipinski definition) is 6. The lowest BCUT2D eigenvalue weighted by Crippen LogP contribution is -3.00. The second-order valence-corrected chi connectivity index (χ2v) is 8.47. The van der Waals surface area contributed by atoms with Crippen LogP contribution in [-0.4, -0.2) is 60.2 Å². The van der Waals surface area contributed by atoms with Crippen LogP contribution in [0.4, 0.5) is 0 Å². The Balaban J connectivity index is 0.00000729. The molecule has 0 N–H and O–H groups in total. The van der Waals surface area contributed by atoms with Crippen LogP contribution in [0.5, 0.6) is 0 Å². The summed E-state index contributed by atoms with van der Waals surface area (Å²) >= 11 is 0. The lowest BCUT2D eigenvalue weighted by atomic mass is 10.1. The summed E-state index contributed by atoms with van der Waals surface area (Å²) in [6, 6.07) is 0. The molecule has 1 rings (SSSR count). The molecule has 7 nitrogen and oxygen atoms in total. The van der Waals surface area contributed by atoms with Crippen LogP contribution in [0.3, 0.4) is 0 Å². The first-order chi connectivity index (χ1) is 12.4. The maximum atomic E-state index is 12.3. The van der Waals surface area contributed by atoms with Gasteiger partial charge in [0.15, 0.2) is 6.10 Å². The Kier molecular flexibility index (Phi) is 10.6. The SMILES string of the molecule is Cc1nc(C)c(COC(=O)CC(C[N+](C)(C)C)OC(=O)CC(C)C)nc1C.[Cl-]. The molecule has 1 heterocycles. The molecule has 0 amide bonds. The number of quaternary nitrogens is 1. The zero-order chi connectivity index (χ0) is 20.8. The number of ether oxygens (including phenoxy) is 2. The van der Waals surface area contributed by atoms with E-state index in [0.717, 1.165) is 17.1 Å². The summed E-state index contributed by atoms with van der Waals surface area (Å²) in [7, 11) is 5.97. The largest absolute Gasteiger partial charge is 1.00 e. The number of aromatic nitrogens is 2. The number of nitrogens with zero attached hydrogens (tertiary/aromatic N) is 3. The molecule has 0 saturated heterocycles. The Morgan fingerprint density at radius 2 is 1.50 bits per heavy atom. The molecule has 0 bridgehead atoms. The van der Waals surface area contributed by atoms with Crippen molar-refractivity contribution in [1.29, 1.82) is 0 Å². The minimum Gasteiger partial charge on any atom is -1.00 e. The molecule has 0 saturated carbocycles. The van der Waals surface area contributed by atoms with Crippen molar-refractivity contribution in [3.63, 3.8) is 0 Å². The van der Waals surface area contributed by atoms with E-state index < -0.39 is 12.1 Å². The molecule has 28 heavy (non-hydrogen) atoms. The van der Waals surface area contributed by atoms with Gasteiger partial charge in [-0.25, -0.2) is 0 Å². The number of halogens is 1. The Morgan fingerprint density at radius 3 is 2.04 bits per heavy atom. The first-order valence-corrected chi connectivity index (χ1v) is 9.33. The summed E-state index contributed by atoms with van der Waals surface area (Å²) in [5.41, 5.74) is 3.07. The van der Waals surface area contributed by atoms with Crippen molar-refractivity contribution in [1.82, 2.24) is 9.97 Å². The number of likely N-dealkylation sites (N-methyl/N-ethyl adjacent to an activating group) is 1. The first kappa shape index (κ1) is 26.3. The molecule has 0 spiro atoms. The highest BCUT2D eigenvalue weighted by atomic mass is 35.5. The predicted molar refractivity (Wildman–Crippen MR) is 103 cm³/mol. The highest BCUT2D eigenvalue weighted by Gasteiger charge is 2.26. The zero-order valence-electron chi connectivity index (χ0n) is 18.3. The molecular weight excluding hydrogens is 382 g/mol. The van der Waals surface area contributed by atoms with Crippen LogP contribution in [0.25, 0.3) is 0 Å². The fraction of sp³-hybridized carbons (Fsp3) is 0.700. The van der Waals surface area contributed by atoms with E-state index in [1.165, 1.54) is 0 Å². The Hall–Kier alpha value is -1.73. The highest BCUT2D eigenvalue weighted by Crippen LogP contribution is 2.12. The minimum atomic E-state index is -0.518. The fourth-order valence-electron chi connectivity index (χ4n) is 2.61. The van der Waals surface area contributed by atoms with Gasteiger partial charge in [-0.15, -0.1) is 0 Å². The van der Waals surface area contributed by atoms with Crippen molar-refractivity contribution >= 4 is 11.9 Å². The van der Waals surface area contributed by atoms with Crippen molar-refractivity contribution in [3.8, 4) is 0 Å². The van der Waals surface area contributed by atoms with E-state index in [1.54, 1.807) is 0 Å². The number of aryl methyl sites for hydroxylation is 3. The number of carbonyl (C=O) groups is 2. The van der Waals surface area contributed by atoms with Gasteiger partial charge in [0.1, 0.15) is 13.2 Å². The monoisotopic (exact) mass is 415 g/mol. The Bertz CT molecular complexity index is 672. The normalized spacial score (nSPS) is 12.3. The summed E-state index contributed by atoms with van der Waals surface area (Å²) in [6.07, 6.45) is -0.160. The minimum absolute atomic E-state index is 0. The third kappa shape index (κ3) is 9.99. The molecule has 1 aromatic rings. The summed E-state index contributed by atoms with van der Waals surface area (Å²) in [4.78, 5) is 33.2. The van der Waals surface area contributed by atoms with E-state index in [-0.39, 0.29) is 37.3 Å². The van der Waals surface area contributed by atoms with Gasteiger partial charge in [-0.05, 0) is 26.7 Å². The second kappa shape index (κ2) is 11.3. The van der Waals surface area contributed by atoms with Crippen LogP contribution in [0.2, 0.25) is 0 Å². The number of carbonyl (C=O) groups excluding carboxylic acids is 2. The third-order valence-corrected chi connectivity index (χ3v) is 3.97. The van der Waals surface area contributed by atoms with Gasteiger partial charge in [-0.2, -0.15) is 0 Å². The lowest BCUT2D eigenvalue weighted by molar-refractivity contribution is -0.873. The molecular formula is C20H34ClN3O4. The molecule has 0 radical (unpaired) electrons. The predicted octanol–water partition coefficient (Wildman–Crippen LogP) is -0.497. The molecule has 160 valence electrons. The van der Waals surface area contributed by atoms with Gasteiger partial charge in [0, 0.05) is 6.42 Å². The van der Waals surface area contributed by atoms with Crippen LogP contribution in [0, 0.1) is 26.7 Å². The van der Waals surface area contributed by atoms with Crippen molar-refractivity contribution in [3.05, 3.63) is 22.8 Å². The molecule has 1 aromatic heterocycles. The van der Waals surface area contributed by atoms with Crippen molar-refractivity contribution in [2.75, 3.05) is 27.7 Å². The third-order valence-electron chi connectivity index (χ3n) is 3.97. The van der Waals surface area contributed by atoms with E-state index in [9.17, 15) is 9.59 Å². The Labute approximate surface area is 174 Å². The summed E-state index contributed by atoms with van der Waals surface area (Å²) in [5.74, 6) is -0.488. The van der Waals surface area contributed by atoms with Crippen molar-refractivity contribution in [2.45, 2.75) is 60.2 Å². The quantitative estimate of drug-likeness (QED) is 0.400. The van der Waals surface area contributed by atoms with E-state index >= 15 is 0 Å². The average molecular weight is 416 g/mol. The molecule has 1 unspecified atom stereocenters. The first-order valence-electron chi connectivity index (χ1n) is 9.33. The van der Waals surface area contributed by atoms with Gasteiger partial charge < -0.3 is 26.4 Å². The number of esters is 2. The number of rotatable bonds is 9. The van der Waals surface area contributed by atoms with Gasteiger partial charge in [-0.1, -0.05) is 13.8 Å². The van der Waals surface area contributed by atoms with Crippen LogP contribution < -0.4 is 12.4 Å². The van der Waals surface area contributed by atoms with E-state index in [0.29, 0.717) is 23.1 Å². The van der Waals surface area contributed by atoms with Gasteiger partial charge >= 0.3 is 11.9 Å². The molecule has 0 fully saturated rings. The summed E-state index contributed by atoms with van der Waals surface area (Å²) in [6.45, 7) is 10.1. The average Bonchev–Trinajstić information content (AvgIpc) is 2.46. The fourth-order valence-corrected chi connectivity index (χ4v) is 2.61. The van der Waals surface area contributed by atoms with Crippen molar-refractivity contribution < 1.29 is 36.0 Å². The molecule has 1 atom stereocenters. The number of hydrogen-bond donors (Lipinski definition) is 0. The van der Waals surface area contributed by atoms with Crippen LogP contribution in [0.15, 0.2) is 0 Å². The molecule has 0 aromatic carbocycles. The second-order valence-electron chi connectivity index (χ2n) is 8.47. The van der Waals surface area contributed by atoms with Gasteiger partial charge in [0.2, 0.25) is 0 Å². The van der Waals surface area contributed by atoms with E-state index in [2.05, 4.69) is 9.97 Å².